The van der Waals surface area contributed by atoms with Crippen LogP contribution in [0.25, 0.3) is 0 Å². The summed E-state index contributed by atoms with van der Waals surface area (Å²) >= 11 is 0. The van der Waals surface area contributed by atoms with Crippen molar-refractivity contribution in [1.29, 1.82) is 0 Å². The van der Waals surface area contributed by atoms with E-state index in [2.05, 4.69) is 0 Å². The summed E-state index contributed by atoms with van der Waals surface area (Å²) < 4.78 is 20.8. The van der Waals surface area contributed by atoms with Crippen LogP contribution in [0.4, 0.5) is 0 Å². The van der Waals surface area contributed by atoms with Crippen molar-refractivity contribution in [2.24, 2.45) is 0 Å². The molecule has 0 bridgehead atoms. The summed E-state index contributed by atoms with van der Waals surface area (Å²) in [6.45, 7) is 0. The molecule has 0 aromatic rings. The van der Waals surface area contributed by atoms with Crippen LogP contribution in [0.15, 0.2) is 0 Å². The molecule has 0 rings (SSSR count). The average molecular weight is 221 g/mol. The average Bonchev–Trinajstić information content (AvgIpc) is 1.27. The summed E-state index contributed by atoms with van der Waals surface area (Å²) in [6.07, 6.45) is 0. The molecular weight excluding hydrogens is 212 g/mol. The van der Waals surface area contributed by atoms with Crippen molar-refractivity contribution in [1.82, 2.24) is 0 Å². The van der Waals surface area contributed by atoms with E-state index in [-0.39, 0.29) is 52.8 Å². The summed E-state index contributed by atoms with van der Waals surface area (Å²) in [5.41, 5.74) is 0. The third-order valence-electron chi connectivity index (χ3n) is 0.498. The van der Waals surface area contributed by atoms with Crippen LogP contribution >= 0.6 is 0 Å². The Kier molecular flexibility index (Phi) is 12.0. The number of hydrogen-bond donors (Lipinski definition) is 0. The van der Waals surface area contributed by atoms with Gasteiger partial charge in [0.1, 0.15) is 8.55 Å². The van der Waals surface area contributed by atoms with Gasteiger partial charge in [0.25, 0.3) is 0 Å². The largest absolute Gasteiger partial charge is 1.00 e. The fourth-order valence-electron chi connectivity index (χ4n) is 0.351. The van der Waals surface area contributed by atoms with E-state index in [1.807, 2.05) is 0 Å². The van der Waals surface area contributed by atoms with E-state index >= 15 is 0 Å². The molecule has 0 heterocycles. The molecule has 0 aliphatic heterocycles. The van der Waals surface area contributed by atoms with E-state index < -0.39 is 24.0 Å². The molecule has 0 N–H and O–H groups in total. The molecule has 0 unspecified atom stereocenters. The van der Waals surface area contributed by atoms with Crippen LogP contribution < -0.4 is 51.4 Å². The molecule has 0 aromatic heterocycles. The quantitative estimate of drug-likeness (QED) is 0.434. The van der Waals surface area contributed by atoms with Crippen molar-refractivity contribution in [2.75, 3.05) is 0 Å². The first-order chi connectivity index (χ1) is 3.13. The van der Waals surface area contributed by atoms with E-state index in [0.29, 0.717) is 0 Å². The molecule has 8 heavy (non-hydrogen) atoms. The topological polar surface area (TPSA) is 34.1 Å². The standard InChI is InChI=1S/K.H8O2Si5.H/c;1-6(3)5-7(2)4;/h;5H2,3-4H3;/q+1;;-1. The van der Waals surface area contributed by atoms with Crippen molar-refractivity contribution in [3.05, 3.63) is 0 Å². The molecular formula is H9KO2Si5. The summed E-state index contributed by atoms with van der Waals surface area (Å²) in [5, 5.41) is 0. The van der Waals surface area contributed by atoms with Crippen LogP contribution in [0.1, 0.15) is 1.43 Å². The Labute approximate surface area is 103 Å². The normalized spacial score (nSPS) is 9.50. The maximum atomic E-state index is 10.4. The van der Waals surface area contributed by atoms with Crippen LogP contribution in [-0.2, 0) is 8.92 Å². The second-order valence-corrected chi connectivity index (χ2v) is 30.1. The van der Waals surface area contributed by atoms with Crippen molar-refractivity contribution in [2.45, 2.75) is 0 Å². The first kappa shape index (κ1) is 13.0. The van der Waals surface area contributed by atoms with E-state index in [0.717, 1.165) is 19.5 Å². The Balaban J connectivity index is -0.000000180. The fourth-order valence-corrected chi connectivity index (χ4v) is 55.4. The molecule has 0 radical (unpaired) electrons. The van der Waals surface area contributed by atoms with Crippen molar-refractivity contribution < 1.29 is 61.7 Å². The SMILES string of the molecule is O=[Si]([SiH3])[SiH2][Si](=O)[SiH3].[H-].[K+]. The molecule has 0 saturated heterocycles. The van der Waals surface area contributed by atoms with Gasteiger partial charge in [-0.3, -0.25) is 0 Å². The molecule has 0 spiro atoms. The molecule has 0 atom stereocenters. The van der Waals surface area contributed by atoms with Crippen molar-refractivity contribution in [3.8, 4) is 0 Å². The van der Waals surface area contributed by atoms with Gasteiger partial charge in [0.2, 0.25) is 15.4 Å². The Morgan fingerprint density at radius 1 is 1.25 bits per heavy atom. The minimum absolute atomic E-state index is 0. The van der Waals surface area contributed by atoms with Crippen LogP contribution in [0.5, 0.6) is 0 Å². The zero-order valence-corrected chi connectivity index (χ0v) is 16.1. The monoisotopic (exact) mass is 220 g/mol. The molecule has 0 amide bonds. The maximum Gasteiger partial charge on any atom is 1.00 e. The minimum Gasteiger partial charge on any atom is -1.00 e. The maximum absolute atomic E-state index is 10.4. The van der Waals surface area contributed by atoms with Crippen molar-refractivity contribution >= 4 is 43.5 Å². The molecule has 0 fully saturated rings. The molecule has 8 heteroatoms. The van der Waals surface area contributed by atoms with Gasteiger partial charge in [-0.1, -0.05) is 0 Å². The van der Waals surface area contributed by atoms with Crippen molar-refractivity contribution in [3.63, 3.8) is 0 Å². The smallest absolute Gasteiger partial charge is 1.00 e. The van der Waals surface area contributed by atoms with Gasteiger partial charge in [0, 0.05) is 0 Å². The second-order valence-electron chi connectivity index (χ2n) is 1.58. The van der Waals surface area contributed by atoms with Crippen LogP contribution in [-0.4, -0.2) is 43.5 Å². The van der Waals surface area contributed by atoms with Crippen LogP contribution in [0, 0.1) is 0 Å². The molecule has 0 aliphatic carbocycles. The number of rotatable bonds is 2. The van der Waals surface area contributed by atoms with Gasteiger partial charge >= 0.3 is 51.4 Å². The van der Waals surface area contributed by atoms with Gasteiger partial charge in [-0.25, -0.2) is 0 Å². The predicted molar refractivity (Wildman–Crippen MR) is 42.4 cm³/mol. The Morgan fingerprint density at radius 3 is 1.50 bits per heavy atom. The molecule has 0 aromatic carbocycles. The van der Waals surface area contributed by atoms with E-state index in [9.17, 15) is 8.92 Å². The summed E-state index contributed by atoms with van der Waals surface area (Å²) in [7, 11) is -1.14. The van der Waals surface area contributed by atoms with E-state index in [4.69, 9.17) is 0 Å². The Morgan fingerprint density at radius 2 is 1.50 bits per heavy atom. The molecule has 0 saturated carbocycles. The fraction of sp³-hybridized carbons (Fsp3) is 0. The minimum atomic E-state index is -1.14. The molecule has 0 aliphatic rings. The van der Waals surface area contributed by atoms with Gasteiger partial charge in [0.05, 0.1) is 19.5 Å². The Hall–Kier alpha value is 2.32. The first-order valence-electron chi connectivity index (χ1n) is 2.12. The first-order valence-corrected chi connectivity index (χ1v) is 16.6. The van der Waals surface area contributed by atoms with E-state index in [1.54, 1.807) is 0 Å². The predicted octanol–water partition coefficient (Wildman–Crippen LogP) is -7.17. The second kappa shape index (κ2) is 7.43. The Bertz CT molecular complexity index is 91.1. The van der Waals surface area contributed by atoms with E-state index in [1.165, 1.54) is 0 Å². The third kappa shape index (κ3) is 11.2. The zero-order valence-electron chi connectivity index (χ0n) is 6.52. The molecule has 2 nitrogen and oxygen atoms in total. The molecule has 42 valence electrons. The van der Waals surface area contributed by atoms with Gasteiger partial charge in [-0.2, -0.15) is 0 Å². The van der Waals surface area contributed by atoms with Crippen LogP contribution in [0.3, 0.4) is 0 Å². The summed E-state index contributed by atoms with van der Waals surface area (Å²) in [5.74, 6) is 0. The summed E-state index contributed by atoms with van der Waals surface area (Å²) in [6, 6.07) is 0. The van der Waals surface area contributed by atoms with Gasteiger partial charge in [-0.05, 0) is 0 Å². The van der Waals surface area contributed by atoms with Crippen LogP contribution in [0.2, 0.25) is 0 Å². The number of hydrogen-bond acceptors (Lipinski definition) is 2. The van der Waals surface area contributed by atoms with Gasteiger partial charge < -0.3 is 10.4 Å². The third-order valence-corrected chi connectivity index (χ3v) is 32.5. The van der Waals surface area contributed by atoms with Gasteiger partial charge in [0.15, 0.2) is 0 Å². The zero-order chi connectivity index (χ0) is 5.86. The van der Waals surface area contributed by atoms with Gasteiger partial charge in [-0.15, -0.1) is 0 Å². The summed E-state index contributed by atoms with van der Waals surface area (Å²) in [4.78, 5) is 0.